The molecule has 0 unspecified atom stereocenters. The molecule has 0 spiro atoms. The summed E-state index contributed by atoms with van der Waals surface area (Å²) in [5.41, 5.74) is 1.53. The highest BCUT2D eigenvalue weighted by atomic mass is 16.5. The number of pyridine rings is 1. The second kappa shape index (κ2) is 8.31. The topological polar surface area (TPSA) is 70.7 Å². The van der Waals surface area contributed by atoms with Crippen molar-refractivity contribution in [3.05, 3.63) is 54.5 Å². The number of carbonyl (C=O) groups excluding carboxylic acids is 1. The van der Waals surface area contributed by atoms with Crippen molar-refractivity contribution in [3.63, 3.8) is 0 Å². The molecule has 146 valence electrons. The van der Waals surface area contributed by atoms with Gasteiger partial charge >= 0.3 is 0 Å². The first-order valence-corrected chi connectivity index (χ1v) is 9.44. The second-order valence-corrected chi connectivity index (χ2v) is 6.81. The number of rotatable bonds is 6. The fraction of sp³-hybridized carbons (Fsp3) is 0.333. The molecule has 0 radical (unpaired) electrons. The third-order valence-corrected chi connectivity index (χ3v) is 5.03. The second-order valence-electron chi connectivity index (χ2n) is 6.81. The maximum atomic E-state index is 12.8. The minimum atomic E-state index is 0.0430. The molecule has 0 aliphatic carbocycles. The van der Waals surface area contributed by atoms with Gasteiger partial charge in [0.2, 0.25) is 0 Å². The lowest BCUT2D eigenvalue weighted by atomic mass is 10.2. The lowest BCUT2D eigenvalue weighted by Crippen LogP contribution is -2.49. The Bertz CT molecular complexity index is 933. The SMILES string of the molecule is COc1ccc2cc(C(=O)N3CCN(CCOc4cccnc4)CC3)[nH]c2c1. The van der Waals surface area contributed by atoms with Gasteiger partial charge in [0.25, 0.3) is 5.91 Å². The normalized spacial score (nSPS) is 15.0. The number of nitrogens with one attached hydrogen (secondary N) is 1. The molecule has 0 atom stereocenters. The number of H-pyrrole nitrogens is 1. The molecule has 1 aliphatic heterocycles. The van der Waals surface area contributed by atoms with Gasteiger partial charge in [-0.2, -0.15) is 0 Å². The first-order chi connectivity index (χ1) is 13.7. The van der Waals surface area contributed by atoms with E-state index in [0.29, 0.717) is 25.4 Å². The number of carbonyl (C=O) groups is 1. The molecule has 0 bridgehead atoms. The predicted octanol–water partition coefficient (Wildman–Crippen LogP) is 2.41. The van der Waals surface area contributed by atoms with E-state index in [9.17, 15) is 4.79 Å². The Balaban J connectivity index is 1.29. The van der Waals surface area contributed by atoms with Gasteiger partial charge in [-0.1, -0.05) is 0 Å². The number of amides is 1. The Morgan fingerprint density at radius 1 is 1.14 bits per heavy atom. The van der Waals surface area contributed by atoms with Gasteiger partial charge in [0.15, 0.2) is 0 Å². The minimum Gasteiger partial charge on any atom is -0.497 e. The number of nitrogens with zero attached hydrogens (tertiary/aromatic N) is 3. The molecular weight excluding hydrogens is 356 g/mol. The molecule has 0 saturated carbocycles. The molecule has 28 heavy (non-hydrogen) atoms. The van der Waals surface area contributed by atoms with Crippen molar-refractivity contribution in [3.8, 4) is 11.5 Å². The van der Waals surface area contributed by atoms with Gasteiger partial charge in [0.1, 0.15) is 23.8 Å². The summed E-state index contributed by atoms with van der Waals surface area (Å²) in [6.45, 7) is 4.56. The van der Waals surface area contributed by atoms with E-state index in [4.69, 9.17) is 9.47 Å². The van der Waals surface area contributed by atoms with E-state index in [2.05, 4.69) is 14.9 Å². The van der Waals surface area contributed by atoms with Crippen molar-refractivity contribution in [2.45, 2.75) is 0 Å². The van der Waals surface area contributed by atoms with Crippen LogP contribution in [0.1, 0.15) is 10.5 Å². The van der Waals surface area contributed by atoms with Crippen molar-refractivity contribution in [1.82, 2.24) is 19.8 Å². The van der Waals surface area contributed by atoms with Crippen LogP contribution in [0, 0.1) is 0 Å². The number of fused-ring (bicyclic) bond motifs is 1. The van der Waals surface area contributed by atoms with Crippen LogP contribution in [0.2, 0.25) is 0 Å². The lowest BCUT2D eigenvalue weighted by molar-refractivity contribution is 0.0615. The highest BCUT2D eigenvalue weighted by Gasteiger charge is 2.23. The van der Waals surface area contributed by atoms with Gasteiger partial charge in [-0.3, -0.25) is 14.7 Å². The number of aromatic amines is 1. The zero-order valence-corrected chi connectivity index (χ0v) is 15.9. The summed E-state index contributed by atoms with van der Waals surface area (Å²) in [4.78, 5) is 24.3. The fourth-order valence-corrected chi connectivity index (χ4v) is 3.42. The zero-order valence-electron chi connectivity index (χ0n) is 15.9. The van der Waals surface area contributed by atoms with Gasteiger partial charge < -0.3 is 19.4 Å². The third-order valence-electron chi connectivity index (χ3n) is 5.03. The fourth-order valence-electron chi connectivity index (χ4n) is 3.42. The maximum absolute atomic E-state index is 12.8. The molecule has 1 N–H and O–H groups in total. The molecule has 1 saturated heterocycles. The van der Waals surface area contributed by atoms with Crippen LogP contribution >= 0.6 is 0 Å². The number of aromatic nitrogens is 2. The summed E-state index contributed by atoms with van der Waals surface area (Å²) in [5.74, 6) is 1.60. The lowest BCUT2D eigenvalue weighted by Gasteiger charge is -2.34. The van der Waals surface area contributed by atoms with E-state index in [-0.39, 0.29) is 5.91 Å². The monoisotopic (exact) mass is 380 g/mol. The van der Waals surface area contributed by atoms with Crippen molar-refractivity contribution in [1.29, 1.82) is 0 Å². The van der Waals surface area contributed by atoms with Crippen molar-refractivity contribution < 1.29 is 14.3 Å². The van der Waals surface area contributed by atoms with Gasteiger partial charge in [-0.25, -0.2) is 0 Å². The van der Waals surface area contributed by atoms with Crippen molar-refractivity contribution >= 4 is 16.8 Å². The molecular formula is C21H24N4O3. The molecule has 3 aromatic rings. The molecule has 1 aromatic carbocycles. The zero-order chi connectivity index (χ0) is 19.3. The first-order valence-electron chi connectivity index (χ1n) is 9.44. The van der Waals surface area contributed by atoms with E-state index >= 15 is 0 Å². The largest absolute Gasteiger partial charge is 0.497 e. The summed E-state index contributed by atoms with van der Waals surface area (Å²) >= 11 is 0. The van der Waals surface area contributed by atoms with Crippen LogP contribution in [0.25, 0.3) is 10.9 Å². The Hall–Kier alpha value is -3.06. The highest BCUT2D eigenvalue weighted by Crippen LogP contribution is 2.22. The number of piperazine rings is 1. The Kier molecular flexibility index (Phi) is 5.43. The molecule has 4 rings (SSSR count). The van der Waals surface area contributed by atoms with E-state index in [0.717, 1.165) is 42.0 Å². The molecule has 3 heterocycles. The van der Waals surface area contributed by atoms with E-state index < -0.39 is 0 Å². The summed E-state index contributed by atoms with van der Waals surface area (Å²) in [6.07, 6.45) is 3.44. The van der Waals surface area contributed by atoms with Crippen LogP contribution in [0.3, 0.4) is 0 Å². The van der Waals surface area contributed by atoms with Crippen LogP contribution in [0.5, 0.6) is 11.5 Å². The molecule has 1 aliphatic rings. The smallest absolute Gasteiger partial charge is 0.270 e. The Labute approximate surface area is 163 Å². The van der Waals surface area contributed by atoms with Crippen LogP contribution in [-0.4, -0.2) is 72.1 Å². The number of methoxy groups -OCH3 is 1. The van der Waals surface area contributed by atoms with Crippen LogP contribution < -0.4 is 9.47 Å². The van der Waals surface area contributed by atoms with E-state index in [1.54, 1.807) is 19.5 Å². The van der Waals surface area contributed by atoms with Gasteiger partial charge in [0.05, 0.1) is 13.3 Å². The summed E-state index contributed by atoms with van der Waals surface area (Å²) in [6, 6.07) is 11.4. The number of hydrogen-bond acceptors (Lipinski definition) is 5. The summed E-state index contributed by atoms with van der Waals surface area (Å²) in [7, 11) is 1.64. The van der Waals surface area contributed by atoms with E-state index in [1.165, 1.54) is 0 Å². The first kappa shape index (κ1) is 18.3. The van der Waals surface area contributed by atoms with Crippen LogP contribution in [0.15, 0.2) is 48.8 Å². The number of hydrogen-bond donors (Lipinski definition) is 1. The number of ether oxygens (including phenoxy) is 2. The van der Waals surface area contributed by atoms with Gasteiger partial charge in [-0.05, 0) is 30.3 Å². The Morgan fingerprint density at radius 2 is 2.00 bits per heavy atom. The molecule has 7 heteroatoms. The van der Waals surface area contributed by atoms with Gasteiger partial charge in [0, 0.05) is 55.9 Å². The molecule has 1 fully saturated rings. The molecule has 1 amide bonds. The summed E-state index contributed by atoms with van der Waals surface area (Å²) in [5, 5.41) is 1.01. The van der Waals surface area contributed by atoms with Crippen molar-refractivity contribution in [2.75, 3.05) is 46.4 Å². The quantitative estimate of drug-likeness (QED) is 0.711. The van der Waals surface area contributed by atoms with Crippen LogP contribution in [-0.2, 0) is 0 Å². The standard InChI is InChI=1S/C21H24N4O3/c1-27-17-5-4-16-13-20(23-19(16)14-17)21(26)25-9-7-24(8-10-25)11-12-28-18-3-2-6-22-15-18/h2-6,13-15,23H,7-12H2,1H3. The minimum absolute atomic E-state index is 0.0430. The Morgan fingerprint density at radius 3 is 2.75 bits per heavy atom. The molecule has 7 nitrogen and oxygen atoms in total. The van der Waals surface area contributed by atoms with E-state index in [1.807, 2.05) is 41.3 Å². The van der Waals surface area contributed by atoms with Gasteiger partial charge in [-0.15, -0.1) is 0 Å². The van der Waals surface area contributed by atoms with Crippen molar-refractivity contribution in [2.24, 2.45) is 0 Å². The molecule has 2 aromatic heterocycles. The average Bonchev–Trinajstić information content (AvgIpc) is 3.18. The maximum Gasteiger partial charge on any atom is 0.270 e. The summed E-state index contributed by atoms with van der Waals surface area (Å²) < 4.78 is 11.0. The predicted molar refractivity (Wildman–Crippen MR) is 107 cm³/mol. The third kappa shape index (κ3) is 4.09. The average molecular weight is 380 g/mol. The highest BCUT2D eigenvalue weighted by molar-refractivity contribution is 5.98. The van der Waals surface area contributed by atoms with Crippen LogP contribution in [0.4, 0.5) is 0 Å². The number of benzene rings is 1.